The number of methoxy groups -OCH3 is 1. The van der Waals surface area contributed by atoms with Crippen LogP contribution in [0.1, 0.15) is 12.0 Å². The lowest BCUT2D eigenvalue weighted by Crippen LogP contribution is -2.31. The van der Waals surface area contributed by atoms with E-state index in [-0.39, 0.29) is 12.3 Å². The zero-order valence-electron chi connectivity index (χ0n) is 15.3. The molecule has 4 rings (SSSR count). The molecule has 3 nitrogen and oxygen atoms in total. The summed E-state index contributed by atoms with van der Waals surface area (Å²) < 4.78 is 19.4. The predicted octanol–water partition coefficient (Wildman–Crippen LogP) is 7.07. The van der Waals surface area contributed by atoms with E-state index in [2.05, 4.69) is 0 Å². The summed E-state index contributed by atoms with van der Waals surface area (Å²) in [5.74, 6) is -0.0437. The van der Waals surface area contributed by atoms with E-state index < -0.39 is 5.82 Å². The van der Waals surface area contributed by atoms with Crippen molar-refractivity contribution >= 4 is 52.1 Å². The lowest BCUT2D eigenvalue weighted by atomic mass is 9.91. The second-order valence-electron chi connectivity index (χ2n) is 6.60. The van der Waals surface area contributed by atoms with Crippen molar-refractivity contribution in [2.45, 2.75) is 12.8 Å². The number of hydrogen-bond donors (Lipinski definition) is 0. The van der Waals surface area contributed by atoms with Crippen LogP contribution in [0, 0.1) is 5.82 Å². The number of rotatable bonds is 3. The average molecular weight is 451 g/mol. The lowest BCUT2D eigenvalue weighted by Gasteiger charge is -2.32. The predicted molar refractivity (Wildman–Crippen MR) is 115 cm³/mol. The van der Waals surface area contributed by atoms with E-state index >= 15 is 0 Å². The Bertz CT molecular complexity index is 1110. The lowest BCUT2D eigenvalue weighted by molar-refractivity contribution is -0.118. The van der Waals surface area contributed by atoms with Crippen molar-refractivity contribution < 1.29 is 13.9 Å². The highest BCUT2D eigenvalue weighted by Crippen LogP contribution is 2.47. The number of ether oxygens (including phenoxy) is 1. The third-order valence-electron chi connectivity index (χ3n) is 4.89. The van der Waals surface area contributed by atoms with Gasteiger partial charge in [-0.15, -0.1) is 0 Å². The summed E-state index contributed by atoms with van der Waals surface area (Å²) in [5, 5.41) is 1.11. The SMILES string of the molecule is COc1cc(-c2cc(F)ccc2Cl)c2c(c1)N(c1c(Cl)cccc1Cl)C(=O)CC2. The Labute approximate surface area is 182 Å². The number of fused-ring (bicyclic) bond motifs is 1. The molecule has 1 aliphatic rings. The third-order valence-corrected chi connectivity index (χ3v) is 5.83. The van der Waals surface area contributed by atoms with Gasteiger partial charge in [0.05, 0.1) is 28.5 Å². The first kappa shape index (κ1) is 20.0. The highest BCUT2D eigenvalue weighted by molar-refractivity contribution is 6.40. The van der Waals surface area contributed by atoms with Gasteiger partial charge in [-0.1, -0.05) is 40.9 Å². The van der Waals surface area contributed by atoms with E-state index in [0.717, 1.165) is 5.56 Å². The molecule has 29 heavy (non-hydrogen) atoms. The summed E-state index contributed by atoms with van der Waals surface area (Å²) in [6.07, 6.45) is 0.722. The number of carbonyl (C=O) groups is 1. The van der Waals surface area contributed by atoms with Crippen LogP contribution in [0.3, 0.4) is 0 Å². The summed E-state index contributed by atoms with van der Waals surface area (Å²) in [6.45, 7) is 0. The van der Waals surface area contributed by atoms with Crippen LogP contribution in [0.15, 0.2) is 48.5 Å². The molecular weight excluding hydrogens is 436 g/mol. The summed E-state index contributed by atoms with van der Waals surface area (Å²) >= 11 is 19.2. The molecule has 7 heteroatoms. The second kappa shape index (κ2) is 7.86. The normalized spacial score (nSPS) is 13.4. The van der Waals surface area contributed by atoms with Crippen molar-refractivity contribution in [3.05, 3.63) is 75.0 Å². The van der Waals surface area contributed by atoms with Crippen molar-refractivity contribution in [2.75, 3.05) is 12.0 Å². The molecule has 0 saturated carbocycles. The number of carbonyl (C=O) groups excluding carboxylic acids is 1. The number of anilines is 2. The smallest absolute Gasteiger partial charge is 0.231 e. The molecule has 0 spiro atoms. The molecule has 0 aliphatic carbocycles. The fourth-order valence-electron chi connectivity index (χ4n) is 3.58. The van der Waals surface area contributed by atoms with Crippen LogP contribution in [0.2, 0.25) is 15.1 Å². The monoisotopic (exact) mass is 449 g/mol. The van der Waals surface area contributed by atoms with Gasteiger partial charge < -0.3 is 4.74 Å². The molecule has 1 amide bonds. The molecule has 0 fully saturated rings. The van der Waals surface area contributed by atoms with E-state index in [1.807, 2.05) is 0 Å². The second-order valence-corrected chi connectivity index (χ2v) is 7.82. The Hall–Kier alpha value is -2.27. The third kappa shape index (κ3) is 3.57. The fourth-order valence-corrected chi connectivity index (χ4v) is 4.37. The van der Waals surface area contributed by atoms with Crippen molar-refractivity contribution in [1.29, 1.82) is 0 Å². The Morgan fingerprint density at radius 2 is 1.66 bits per heavy atom. The quantitative estimate of drug-likeness (QED) is 0.427. The van der Waals surface area contributed by atoms with E-state index in [0.29, 0.717) is 49.7 Å². The van der Waals surface area contributed by atoms with Crippen LogP contribution in [0.4, 0.5) is 15.8 Å². The molecule has 3 aromatic carbocycles. The minimum absolute atomic E-state index is 0.142. The van der Waals surface area contributed by atoms with Crippen LogP contribution in [0.25, 0.3) is 11.1 Å². The maximum absolute atomic E-state index is 14.0. The molecule has 0 aromatic heterocycles. The topological polar surface area (TPSA) is 29.5 Å². The Kier molecular flexibility index (Phi) is 5.43. The van der Waals surface area contributed by atoms with Crippen molar-refractivity contribution in [3.8, 4) is 16.9 Å². The number of halogens is 4. The minimum Gasteiger partial charge on any atom is -0.497 e. The molecule has 1 heterocycles. The van der Waals surface area contributed by atoms with Gasteiger partial charge in [-0.25, -0.2) is 4.39 Å². The maximum atomic E-state index is 14.0. The van der Waals surface area contributed by atoms with Crippen molar-refractivity contribution in [3.63, 3.8) is 0 Å². The van der Waals surface area contributed by atoms with Crippen molar-refractivity contribution in [2.24, 2.45) is 0 Å². The first-order valence-electron chi connectivity index (χ1n) is 8.84. The van der Waals surface area contributed by atoms with Gasteiger partial charge in [-0.05, 0) is 53.9 Å². The van der Waals surface area contributed by atoms with E-state index in [4.69, 9.17) is 39.5 Å². The summed E-state index contributed by atoms with van der Waals surface area (Å²) in [7, 11) is 1.52. The Balaban J connectivity index is 2.02. The highest BCUT2D eigenvalue weighted by atomic mass is 35.5. The summed E-state index contributed by atoms with van der Waals surface area (Å²) in [5.41, 5.74) is 3.07. The van der Waals surface area contributed by atoms with Crippen molar-refractivity contribution in [1.82, 2.24) is 0 Å². The van der Waals surface area contributed by atoms with Gasteiger partial charge in [0.2, 0.25) is 5.91 Å². The van der Waals surface area contributed by atoms with Crippen LogP contribution >= 0.6 is 34.8 Å². The molecule has 0 radical (unpaired) electrons. The molecule has 1 aliphatic heterocycles. The van der Waals surface area contributed by atoms with Crippen LogP contribution < -0.4 is 9.64 Å². The number of amides is 1. The van der Waals surface area contributed by atoms with Gasteiger partial charge in [-0.2, -0.15) is 0 Å². The van der Waals surface area contributed by atoms with E-state index in [1.54, 1.807) is 30.3 Å². The summed E-state index contributed by atoms with van der Waals surface area (Å²) in [4.78, 5) is 14.4. The van der Waals surface area contributed by atoms with Crippen LogP contribution in [0.5, 0.6) is 5.75 Å². The average Bonchev–Trinajstić information content (AvgIpc) is 2.70. The first-order chi connectivity index (χ1) is 13.9. The van der Waals surface area contributed by atoms with Gasteiger partial charge >= 0.3 is 0 Å². The number of para-hydroxylation sites is 1. The van der Waals surface area contributed by atoms with Crippen LogP contribution in [-0.2, 0) is 11.2 Å². The highest BCUT2D eigenvalue weighted by Gasteiger charge is 2.31. The molecular formula is C22H15Cl3FNO2. The van der Waals surface area contributed by atoms with Crippen LogP contribution in [-0.4, -0.2) is 13.0 Å². The van der Waals surface area contributed by atoms with Gasteiger partial charge in [0.15, 0.2) is 0 Å². The van der Waals surface area contributed by atoms with Gasteiger partial charge in [0, 0.05) is 23.1 Å². The van der Waals surface area contributed by atoms with Gasteiger partial charge in [0.25, 0.3) is 0 Å². The number of nitrogens with zero attached hydrogens (tertiary/aromatic N) is 1. The Morgan fingerprint density at radius 3 is 2.34 bits per heavy atom. The zero-order chi connectivity index (χ0) is 20.7. The standard InChI is InChI=1S/C22H15Cl3FNO2/c1-29-13-10-15(16-9-12(26)5-7-17(16)23)14-6-8-21(28)27(20(14)11-13)22-18(24)3-2-4-19(22)25/h2-5,7,9-11H,6,8H2,1H3. The molecule has 0 atom stereocenters. The summed E-state index contributed by atoms with van der Waals surface area (Å²) in [6, 6.07) is 12.8. The molecule has 0 N–H and O–H groups in total. The minimum atomic E-state index is -0.404. The molecule has 0 saturated heterocycles. The van der Waals surface area contributed by atoms with Gasteiger partial charge in [0.1, 0.15) is 11.6 Å². The van der Waals surface area contributed by atoms with E-state index in [1.165, 1.54) is 30.2 Å². The molecule has 148 valence electrons. The molecule has 0 unspecified atom stereocenters. The van der Waals surface area contributed by atoms with Gasteiger partial charge in [-0.3, -0.25) is 9.69 Å². The number of hydrogen-bond acceptors (Lipinski definition) is 2. The number of benzene rings is 3. The molecule has 0 bridgehead atoms. The zero-order valence-corrected chi connectivity index (χ0v) is 17.6. The maximum Gasteiger partial charge on any atom is 0.231 e. The largest absolute Gasteiger partial charge is 0.497 e. The molecule has 3 aromatic rings. The fraction of sp³-hybridized carbons (Fsp3) is 0.136. The Morgan fingerprint density at radius 1 is 0.931 bits per heavy atom. The van der Waals surface area contributed by atoms with E-state index in [9.17, 15) is 9.18 Å². The first-order valence-corrected chi connectivity index (χ1v) is 9.97.